The van der Waals surface area contributed by atoms with Crippen molar-refractivity contribution in [3.63, 3.8) is 0 Å². The topological polar surface area (TPSA) is 54.0 Å². The van der Waals surface area contributed by atoms with Crippen molar-refractivity contribution in [3.8, 4) is 62.1 Å². The predicted molar refractivity (Wildman–Crippen MR) is 281 cm³/mol. The number of aromatic nitrogens is 4. The molecule has 1 aliphatic rings. The van der Waals surface area contributed by atoms with E-state index in [-0.39, 0.29) is 11.2 Å². The average molecular weight is 1090 g/mol. The first-order chi connectivity index (χ1) is 34.1. The van der Waals surface area contributed by atoms with E-state index in [4.69, 9.17) is 9.72 Å². The minimum Gasteiger partial charge on any atom is -0.0579 e. The predicted octanol–water partition coefficient (Wildman–Crippen LogP) is 15.4. The zero-order chi connectivity index (χ0) is 47.7. The molecular weight excluding hydrogens is 1040 g/mol. The number of benzene rings is 8. The van der Waals surface area contributed by atoms with Crippen LogP contribution in [-0.4, -0.2) is 24.5 Å². The first-order valence-corrected chi connectivity index (χ1v) is 25.1. The van der Waals surface area contributed by atoms with Gasteiger partial charge in [-0.15, -0.1) is 0 Å². The van der Waals surface area contributed by atoms with Gasteiger partial charge in [0, 0.05) is 11.8 Å². The molecule has 6 nitrogen and oxygen atoms in total. The fraction of sp³-hybridized carbons (Fsp3) is 0.127. The van der Waals surface area contributed by atoms with Crippen molar-refractivity contribution in [1.82, 2.24) is 18.7 Å². The van der Waals surface area contributed by atoms with E-state index >= 15 is 0 Å². The van der Waals surface area contributed by atoms with E-state index in [1.165, 1.54) is 16.7 Å². The molecule has 0 aliphatic heterocycles. The molecule has 344 valence electrons. The molecule has 0 spiro atoms. The fourth-order valence-corrected chi connectivity index (χ4v) is 11.6. The molecule has 0 bridgehead atoms. The summed E-state index contributed by atoms with van der Waals surface area (Å²) in [7, 11) is 0. The summed E-state index contributed by atoms with van der Waals surface area (Å²) in [5, 5.41) is 2.29. The van der Waals surface area contributed by atoms with Crippen LogP contribution in [0, 0.1) is 10.7 Å². The Balaban J connectivity index is 0.967. The molecule has 0 radical (unpaired) electrons. The molecule has 0 N–H and O–H groups in total. The summed E-state index contributed by atoms with van der Waals surface area (Å²) in [5.41, 5.74) is 18.1. The number of hydrogen-bond acceptors (Lipinski definition) is 3. The summed E-state index contributed by atoms with van der Waals surface area (Å²) in [6.07, 6.45) is 3.70. The molecule has 11 aromatic rings. The number of aryl methyl sites for hydroxylation is 1. The van der Waals surface area contributed by atoms with Gasteiger partial charge >= 0.3 is 323 Å². The van der Waals surface area contributed by atoms with Crippen LogP contribution in [0.3, 0.4) is 0 Å². The number of pyridine rings is 1. The number of fused-ring (bicyclic) bond motifs is 5. The van der Waals surface area contributed by atoms with Crippen molar-refractivity contribution in [3.05, 3.63) is 220 Å². The van der Waals surface area contributed by atoms with Crippen LogP contribution in [0.15, 0.2) is 194 Å². The smallest absolute Gasteiger partial charge is 0.0579 e. The number of para-hydroxylation sites is 3. The van der Waals surface area contributed by atoms with E-state index in [1.54, 1.807) is 0 Å². The maximum absolute atomic E-state index is 13.0. The minimum absolute atomic E-state index is 0.0897. The SMILES string of the molecule is Cc1cc(-n2c3ccccc3c3ccc(Oc4cccc(-n5[c](=[Pt])n(-c6c(-c7ccccc7)cc7c(c6-c6ccccc6)CCC(=O)C7)c6ccccc65)c4)cc32)ncc1-c1ccc(C(C)(C)C)cc1. The van der Waals surface area contributed by atoms with Gasteiger partial charge in [-0.2, -0.15) is 0 Å². The number of ether oxygens (including phenoxy) is 1. The summed E-state index contributed by atoms with van der Waals surface area (Å²) < 4.78 is 14.9. The second kappa shape index (κ2) is 17.4. The van der Waals surface area contributed by atoms with E-state index < -0.39 is 0 Å². The molecule has 0 atom stereocenters. The van der Waals surface area contributed by atoms with Gasteiger partial charge in [-0.25, -0.2) is 0 Å². The second-order valence-corrected chi connectivity index (χ2v) is 20.5. The van der Waals surface area contributed by atoms with Gasteiger partial charge < -0.3 is 0 Å². The number of hydrogen-bond donors (Lipinski definition) is 0. The quantitative estimate of drug-likeness (QED) is 0.152. The Morgan fingerprint density at radius 1 is 0.557 bits per heavy atom. The third kappa shape index (κ3) is 7.59. The molecule has 3 aromatic heterocycles. The monoisotopic (exact) mass is 1090 g/mol. The van der Waals surface area contributed by atoms with Crippen molar-refractivity contribution in [1.29, 1.82) is 0 Å². The molecular formula is C63H50N4O2Pt. The molecule has 3 heterocycles. The van der Waals surface area contributed by atoms with E-state index in [1.807, 2.05) is 12.3 Å². The molecule has 70 heavy (non-hydrogen) atoms. The molecule has 8 aromatic carbocycles. The molecule has 0 saturated heterocycles. The number of Topliss-reactive ketones (excluding diaryl/α,β-unsaturated/α-hetero) is 1. The third-order valence-corrected chi connectivity index (χ3v) is 15.0. The number of rotatable bonds is 8. The zero-order valence-corrected chi connectivity index (χ0v) is 41.8. The number of carbonyl (C=O) groups excluding carboxylic acids is 1. The second-order valence-electron chi connectivity index (χ2n) is 19.4. The van der Waals surface area contributed by atoms with Gasteiger partial charge in [0.15, 0.2) is 0 Å². The molecule has 0 amide bonds. The summed E-state index contributed by atoms with van der Waals surface area (Å²) in [5.74, 6) is 2.61. The normalized spacial score (nSPS) is 12.8. The fourth-order valence-electron chi connectivity index (χ4n) is 10.5. The Bertz CT molecular complexity index is 3910. The number of ketones is 1. The van der Waals surface area contributed by atoms with Crippen LogP contribution in [0.5, 0.6) is 11.5 Å². The van der Waals surface area contributed by atoms with Crippen LogP contribution in [0.2, 0.25) is 0 Å². The summed E-state index contributed by atoms with van der Waals surface area (Å²) >= 11 is 2.50. The van der Waals surface area contributed by atoms with Crippen molar-refractivity contribution in [2.75, 3.05) is 0 Å². The van der Waals surface area contributed by atoms with E-state index in [0.29, 0.717) is 19.3 Å². The number of nitrogens with zero attached hydrogens (tertiary/aromatic N) is 4. The first kappa shape index (κ1) is 43.6. The standard InChI is InChI=1S/C63H50N4O2.Pt/c1-41-34-60(64-39-55(41)43-26-28-46(29-27-43)63(2,3)4)67-56-23-12-11-22-52(56)53-33-31-50(38-59(53)67)69-49-21-15-20-47(37-49)65-40-66(58-25-14-13-24-57(58)65)62-54(42-16-7-5-8-17-42)36-45-35-48(68)30-32-51(45)61(62)44-18-9-6-10-19-44;/h5-29,31,33-34,36-39H,30,32,35H2,1-4H3;. The molecule has 0 unspecified atom stereocenters. The third-order valence-electron chi connectivity index (χ3n) is 14.0. The summed E-state index contributed by atoms with van der Waals surface area (Å²) in [6.45, 7) is 8.91. The van der Waals surface area contributed by atoms with Crippen LogP contribution >= 0.6 is 0 Å². The molecule has 1 aliphatic carbocycles. The minimum atomic E-state index is 0.0897. The van der Waals surface area contributed by atoms with Gasteiger partial charge in [-0.05, 0) is 29.0 Å². The number of imidazole rings is 1. The van der Waals surface area contributed by atoms with E-state index in [9.17, 15) is 4.79 Å². The van der Waals surface area contributed by atoms with Crippen molar-refractivity contribution in [2.24, 2.45) is 0 Å². The van der Waals surface area contributed by atoms with E-state index in [0.717, 1.165) is 104 Å². The van der Waals surface area contributed by atoms with Gasteiger partial charge in [0.05, 0.1) is 0 Å². The molecule has 12 rings (SSSR count). The number of carbonyl (C=O) groups is 1. The Kier molecular flexibility index (Phi) is 10.8. The van der Waals surface area contributed by atoms with Crippen LogP contribution in [0.4, 0.5) is 0 Å². The van der Waals surface area contributed by atoms with E-state index in [2.05, 4.69) is 243 Å². The average Bonchev–Trinajstić information content (AvgIpc) is 3.86. The molecule has 0 saturated carbocycles. The Hall–Kier alpha value is -7.66. The van der Waals surface area contributed by atoms with Gasteiger partial charge in [-0.3, -0.25) is 0 Å². The Labute approximate surface area is 418 Å². The van der Waals surface area contributed by atoms with Gasteiger partial charge in [0.2, 0.25) is 0 Å². The Morgan fingerprint density at radius 2 is 1.20 bits per heavy atom. The van der Waals surface area contributed by atoms with Gasteiger partial charge in [0.25, 0.3) is 0 Å². The van der Waals surface area contributed by atoms with Gasteiger partial charge in [-0.1, -0.05) is 57.2 Å². The molecule has 0 fully saturated rings. The van der Waals surface area contributed by atoms with Crippen LogP contribution in [0.25, 0.3) is 83.4 Å². The summed E-state index contributed by atoms with van der Waals surface area (Å²) in [6, 6.07) is 66.6. The molecule has 7 heteroatoms. The van der Waals surface area contributed by atoms with Crippen LogP contribution < -0.4 is 4.74 Å². The zero-order valence-electron chi connectivity index (χ0n) is 39.5. The summed E-state index contributed by atoms with van der Waals surface area (Å²) in [4.78, 5) is 18.2. The van der Waals surface area contributed by atoms with Crippen LogP contribution in [-0.2, 0) is 42.4 Å². The van der Waals surface area contributed by atoms with Gasteiger partial charge in [0.1, 0.15) is 0 Å². The van der Waals surface area contributed by atoms with Crippen molar-refractivity contribution in [2.45, 2.75) is 52.4 Å². The Morgan fingerprint density at radius 3 is 1.93 bits per heavy atom. The van der Waals surface area contributed by atoms with Crippen molar-refractivity contribution < 1.29 is 28.9 Å². The van der Waals surface area contributed by atoms with Crippen molar-refractivity contribution >= 4 is 38.6 Å². The first-order valence-electron chi connectivity index (χ1n) is 24.0. The maximum atomic E-state index is 13.0. The van der Waals surface area contributed by atoms with Crippen LogP contribution in [0.1, 0.15) is 49.4 Å².